The van der Waals surface area contributed by atoms with Gasteiger partial charge in [0.1, 0.15) is 5.75 Å². The van der Waals surface area contributed by atoms with Crippen LogP contribution < -0.4 is 9.64 Å². The van der Waals surface area contributed by atoms with E-state index in [-0.39, 0.29) is 11.5 Å². The third-order valence-corrected chi connectivity index (χ3v) is 7.30. The van der Waals surface area contributed by atoms with Crippen LogP contribution in [0.4, 0.5) is 32.0 Å². The molecule has 0 fully saturated rings. The summed E-state index contributed by atoms with van der Waals surface area (Å²) in [6.07, 6.45) is -8.95. The maximum absolute atomic E-state index is 14.2. The van der Waals surface area contributed by atoms with Crippen LogP contribution in [0, 0.1) is 0 Å². The molecule has 0 aromatic heterocycles. The van der Waals surface area contributed by atoms with Crippen LogP contribution in [0.3, 0.4) is 0 Å². The molecule has 0 radical (unpaired) electrons. The Balaban J connectivity index is 1.84. The number of nitrogens with zero attached hydrogens (tertiary/aromatic N) is 1. The predicted octanol–water partition coefficient (Wildman–Crippen LogP) is 9.68. The number of ether oxygens (including phenoxy) is 1. The molecule has 0 heterocycles. The lowest BCUT2D eigenvalue weighted by atomic mass is 9.76. The van der Waals surface area contributed by atoms with Gasteiger partial charge in [-0.25, -0.2) is 0 Å². The molecular formula is C31H35F6NO. The van der Waals surface area contributed by atoms with E-state index in [1.807, 2.05) is 24.1 Å². The van der Waals surface area contributed by atoms with Gasteiger partial charge in [0.2, 0.25) is 0 Å². The van der Waals surface area contributed by atoms with Crippen molar-refractivity contribution < 1.29 is 31.1 Å². The molecule has 0 bridgehead atoms. The first-order valence-corrected chi connectivity index (χ1v) is 12.9. The molecule has 0 aliphatic rings. The Morgan fingerprint density at radius 1 is 0.795 bits per heavy atom. The molecule has 1 unspecified atom stereocenters. The zero-order valence-corrected chi connectivity index (χ0v) is 23.0. The Bertz CT molecular complexity index is 1250. The smallest absolute Gasteiger partial charge is 0.406 e. The number of halogens is 6. The van der Waals surface area contributed by atoms with E-state index in [2.05, 4.69) is 30.7 Å². The van der Waals surface area contributed by atoms with Crippen molar-refractivity contribution in [2.45, 2.75) is 70.8 Å². The van der Waals surface area contributed by atoms with Crippen LogP contribution in [0.15, 0.2) is 66.7 Å². The van der Waals surface area contributed by atoms with Gasteiger partial charge in [0.15, 0.2) is 0 Å². The van der Waals surface area contributed by atoms with Gasteiger partial charge >= 0.3 is 12.5 Å². The minimum Gasteiger partial charge on any atom is -0.406 e. The van der Waals surface area contributed by atoms with Crippen molar-refractivity contribution in [2.75, 3.05) is 18.5 Å². The van der Waals surface area contributed by atoms with Gasteiger partial charge in [0.05, 0.1) is 5.56 Å². The minimum atomic E-state index is -4.87. The molecule has 2 nitrogen and oxygen atoms in total. The molecule has 3 aromatic carbocycles. The van der Waals surface area contributed by atoms with Gasteiger partial charge < -0.3 is 9.64 Å². The van der Waals surface area contributed by atoms with Crippen molar-refractivity contribution in [3.63, 3.8) is 0 Å². The van der Waals surface area contributed by atoms with Gasteiger partial charge in [-0.1, -0.05) is 71.0 Å². The molecule has 3 rings (SSSR count). The summed E-state index contributed by atoms with van der Waals surface area (Å²) in [4.78, 5) is 2.03. The lowest BCUT2D eigenvalue weighted by Gasteiger charge is -2.29. The average molecular weight is 552 g/mol. The van der Waals surface area contributed by atoms with E-state index in [1.54, 1.807) is 32.9 Å². The molecule has 0 saturated carbocycles. The van der Waals surface area contributed by atoms with Crippen LogP contribution in [0.5, 0.6) is 5.75 Å². The summed E-state index contributed by atoms with van der Waals surface area (Å²) in [6, 6.07) is 17.8. The highest BCUT2D eigenvalue weighted by Crippen LogP contribution is 2.41. The molecule has 0 N–H and O–H groups in total. The maximum atomic E-state index is 14.2. The highest BCUT2D eigenvalue weighted by atomic mass is 19.4. The van der Waals surface area contributed by atoms with E-state index in [0.29, 0.717) is 30.0 Å². The Labute approximate surface area is 226 Å². The summed E-state index contributed by atoms with van der Waals surface area (Å²) >= 11 is 0. The minimum absolute atomic E-state index is 0.194. The summed E-state index contributed by atoms with van der Waals surface area (Å²) in [6.45, 7) is 9.94. The first-order valence-electron chi connectivity index (χ1n) is 12.9. The zero-order valence-electron chi connectivity index (χ0n) is 23.0. The monoisotopic (exact) mass is 551 g/mol. The van der Waals surface area contributed by atoms with Crippen LogP contribution in [0.2, 0.25) is 0 Å². The Kier molecular flexibility index (Phi) is 8.98. The molecule has 0 saturated heterocycles. The SMILES string of the molecule is CC(C)c1ccc(N(C)CCC(C)c2ccc(C(C)(C)c3cccc(OC(F)(F)F)c3)cc2C(F)(F)F)cc1. The Morgan fingerprint density at radius 2 is 1.41 bits per heavy atom. The van der Waals surface area contributed by atoms with Crippen molar-refractivity contribution in [2.24, 2.45) is 0 Å². The molecule has 1 atom stereocenters. The van der Waals surface area contributed by atoms with Crippen molar-refractivity contribution >= 4 is 5.69 Å². The number of benzene rings is 3. The number of rotatable bonds is 9. The second-order valence-corrected chi connectivity index (χ2v) is 10.9. The molecular weight excluding hydrogens is 516 g/mol. The molecule has 8 heteroatoms. The molecule has 0 amide bonds. The van der Waals surface area contributed by atoms with Crippen LogP contribution in [0.25, 0.3) is 0 Å². The van der Waals surface area contributed by atoms with E-state index in [9.17, 15) is 26.3 Å². The summed E-state index contributed by atoms with van der Waals surface area (Å²) in [5, 5.41) is 0. The second kappa shape index (κ2) is 11.5. The summed E-state index contributed by atoms with van der Waals surface area (Å²) in [5.41, 5.74) is 1.43. The quantitative estimate of drug-likeness (QED) is 0.246. The lowest BCUT2D eigenvalue weighted by molar-refractivity contribution is -0.274. The van der Waals surface area contributed by atoms with Crippen molar-refractivity contribution in [1.29, 1.82) is 0 Å². The fourth-order valence-electron chi connectivity index (χ4n) is 4.65. The molecule has 0 spiro atoms. The van der Waals surface area contributed by atoms with Crippen molar-refractivity contribution in [3.8, 4) is 5.75 Å². The Hall–Kier alpha value is -3.16. The number of hydrogen-bond donors (Lipinski definition) is 0. The topological polar surface area (TPSA) is 12.5 Å². The van der Waals surface area contributed by atoms with Crippen LogP contribution in [-0.2, 0) is 11.6 Å². The number of anilines is 1. The maximum Gasteiger partial charge on any atom is 0.573 e. The van der Waals surface area contributed by atoms with E-state index in [1.165, 1.54) is 23.8 Å². The van der Waals surface area contributed by atoms with Crippen LogP contribution >= 0.6 is 0 Å². The van der Waals surface area contributed by atoms with Gasteiger partial charge in [0, 0.05) is 24.7 Å². The predicted molar refractivity (Wildman–Crippen MR) is 144 cm³/mol. The average Bonchev–Trinajstić information content (AvgIpc) is 2.85. The van der Waals surface area contributed by atoms with Gasteiger partial charge in [-0.15, -0.1) is 13.2 Å². The van der Waals surface area contributed by atoms with Crippen molar-refractivity contribution in [3.05, 3.63) is 94.5 Å². The first kappa shape index (κ1) is 30.4. The van der Waals surface area contributed by atoms with Gasteiger partial charge in [-0.3, -0.25) is 0 Å². The van der Waals surface area contributed by atoms with Crippen molar-refractivity contribution in [1.82, 2.24) is 0 Å². The molecule has 0 aliphatic carbocycles. The summed E-state index contributed by atoms with van der Waals surface area (Å²) in [7, 11) is 1.92. The summed E-state index contributed by atoms with van der Waals surface area (Å²) in [5.74, 6) is -0.382. The standard InChI is InChI=1S/C31H35F6NO/c1-20(2)22-10-13-25(14-11-22)38(6)17-16-21(3)27-15-12-24(19-28(27)30(32,33)34)29(4,5)23-8-7-9-26(18-23)39-31(35,36)37/h7-15,18-21H,16-17H2,1-6H3. The van der Waals surface area contributed by atoms with E-state index in [0.717, 1.165) is 17.8 Å². The lowest BCUT2D eigenvalue weighted by Crippen LogP contribution is -2.23. The van der Waals surface area contributed by atoms with E-state index >= 15 is 0 Å². The summed E-state index contributed by atoms with van der Waals surface area (Å²) < 4.78 is 84.8. The van der Waals surface area contributed by atoms with E-state index in [4.69, 9.17) is 0 Å². The highest BCUT2D eigenvalue weighted by molar-refractivity contribution is 5.48. The van der Waals surface area contributed by atoms with Crippen LogP contribution in [-0.4, -0.2) is 20.0 Å². The van der Waals surface area contributed by atoms with E-state index < -0.39 is 29.3 Å². The van der Waals surface area contributed by atoms with Crippen LogP contribution in [0.1, 0.15) is 80.7 Å². The number of alkyl halides is 6. The van der Waals surface area contributed by atoms with Gasteiger partial charge in [-0.2, -0.15) is 13.2 Å². The van der Waals surface area contributed by atoms with Gasteiger partial charge in [-0.05, 0) is 70.8 Å². The zero-order chi connectivity index (χ0) is 29.2. The third kappa shape index (κ3) is 7.70. The van der Waals surface area contributed by atoms with Gasteiger partial charge in [0.25, 0.3) is 0 Å². The third-order valence-electron chi connectivity index (χ3n) is 7.30. The fourth-order valence-corrected chi connectivity index (χ4v) is 4.65. The molecule has 0 aliphatic heterocycles. The first-order chi connectivity index (χ1) is 18.0. The largest absolute Gasteiger partial charge is 0.573 e. The molecule has 212 valence electrons. The highest BCUT2D eigenvalue weighted by Gasteiger charge is 2.37. The molecule has 39 heavy (non-hydrogen) atoms. The number of hydrogen-bond acceptors (Lipinski definition) is 2. The Morgan fingerprint density at radius 3 is 1.97 bits per heavy atom. The molecule has 3 aromatic rings. The normalized spacial score (nSPS) is 13.5. The fraction of sp³-hybridized carbons (Fsp3) is 0.419. The second-order valence-electron chi connectivity index (χ2n) is 10.9.